The van der Waals surface area contributed by atoms with Crippen molar-refractivity contribution >= 4 is 5.91 Å². The van der Waals surface area contributed by atoms with Gasteiger partial charge < -0.3 is 10.1 Å². The molecular weight excluding hydrogens is 154 g/mol. The van der Waals surface area contributed by atoms with Crippen molar-refractivity contribution in [2.75, 3.05) is 13.7 Å². The van der Waals surface area contributed by atoms with Gasteiger partial charge in [0.1, 0.15) is 6.61 Å². The van der Waals surface area contributed by atoms with E-state index in [0.29, 0.717) is 5.92 Å². The quantitative estimate of drug-likeness (QED) is 0.693. The molecule has 0 aromatic rings. The summed E-state index contributed by atoms with van der Waals surface area (Å²) >= 11 is 0. The van der Waals surface area contributed by atoms with Crippen molar-refractivity contribution in [2.45, 2.75) is 33.2 Å². The molecule has 0 bridgehead atoms. The van der Waals surface area contributed by atoms with Crippen LogP contribution in [0.25, 0.3) is 0 Å². The van der Waals surface area contributed by atoms with Gasteiger partial charge in [-0.05, 0) is 19.8 Å². The molecule has 0 heterocycles. The van der Waals surface area contributed by atoms with Crippen LogP contribution in [-0.4, -0.2) is 25.2 Å². The van der Waals surface area contributed by atoms with Gasteiger partial charge in [-0.25, -0.2) is 0 Å². The number of ether oxygens (including phenoxy) is 1. The number of rotatable bonds is 4. The fourth-order valence-corrected chi connectivity index (χ4v) is 0.671. The maximum absolute atomic E-state index is 11.1. The molecule has 12 heavy (non-hydrogen) atoms. The van der Waals surface area contributed by atoms with Crippen molar-refractivity contribution in [3.05, 3.63) is 0 Å². The maximum Gasteiger partial charge on any atom is 0.246 e. The van der Waals surface area contributed by atoms with E-state index in [0.717, 1.165) is 0 Å². The number of nitrogens with one attached hydrogen (secondary N) is 1. The Kier molecular flexibility index (Phi) is 4.24. The average molecular weight is 173 g/mol. The SMILES string of the molecule is COCC(=O)NC(C)(C)C(C)C. The molecule has 0 aromatic carbocycles. The van der Waals surface area contributed by atoms with Gasteiger partial charge >= 0.3 is 0 Å². The lowest BCUT2D eigenvalue weighted by atomic mass is 9.91. The van der Waals surface area contributed by atoms with Crippen LogP contribution >= 0.6 is 0 Å². The predicted molar refractivity (Wildman–Crippen MR) is 48.9 cm³/mol. The highest BCUT2D eigenvalue weighted by Gasteiger charge is 2.23. The van der Waals surface area contributed by atoms with E-state index in [1.807, 2.05) is 13.8 Å². The Balaban J connectivity index is 3.97. The molecule has 0 rings (SSSR count). The molecule has 0 unspecified atom stereocenters. The number of carbonyl (C=O) groups is 1. The molecule has 0 aliphatic rings. The molecule has 0 atom stereocenters. The topological polar surface area (TPSA) is 38.3 Å². The maximum atomic E-state index is 11.1. The minimum absolute atomic E-state index is 0.0591. The zero-order valence-corrected chi connectivity index (χ0v) is 8.60. The smallest absolute Gasteiger partial charge is 0.246 e. The minimum Gasteiger partial charge on any atom is -0.375 e. The third-order valence-corrected chi connectivity index (χ3v) is 2.18. The van der Waals surface area contributed by atoms with E-state index in [9.17, 15) is 4.79 Å². The van der Waals surface area contributed by atoms with Gasteiger partial charge in [0.25, 0.3) is 0 Å². The van der Waals surface area contributed by atoms with E-state index in [-0.39, 0.29) is 18.1 Å². The first-order valence-corrected chi connectivity index (χ1v) is 4.20. The molecule has 3 nitrogen and oxygen atoms in total. The molecule has 0 aliphatic carbocycles. The van der Waals surface area contributed by atoms with Crippen molar-refractivity contribution in [1.82, 2.24) is 5.32 Å². The molecular formula is C9H19NO2. The van der Waals surface area contributed by atoms with Gasteiger partial charge in [-0.1, -0.05) is 13.8 Å². The minimum atomic E-state index is -0.157. The van der Waals surface area contributed by atoms with E-state index in [2.05, 4.69) is 19.2 Å². The van der Waals surface area contributed by atoms with Gasteiger partial charge in [0, 0.05) is 12.6 Å². The Hall–Kier alpha value is -0.570. The van der Waals surface area contributed by atoms with Crippen molar-refractivity contribution < 1.29 is 9.53 Å². The van der Waals surface area contributed by atoms with Crippen LogP contribution in [0.4, 0.5) is 0 Å². The van der Waals surface area contributed by atoms with Crippen LogP contribution in [0.15, 0.2) is 0 Å². The zero-order valence-electron chi connectivity index (χ0n) is 8.60. The van der Waals surface area contributed by atoms with E-state index >= 15 is 0 Å². The largest absolute Gasteiger partial charge is 0.375 e. The summed E-state index contributed by atoms with van der Waals surface area (Å²) in [6, 6.07) is 0. The number of hydrogen-bond acceptors (Lipinski definition) is 2. The summed E-state index contributed by atoms with van der Waals surface area (Å²) in [4.78, 5) is 11.1. The summed E-state index contributed by atoms with van der Waals surface area (Å²) in [5, 5.41) is 2.89. The Bertz CT molecular complexity index is 153. The van der Waals surface area contributed by atoms with Crippen LogP contribution in [-0.2, 0) is 9.53 Å². The second kappa shape index (κ2) is 4.45. The van der Waals surface area contributed by atoms with E-state index in [1.54, 1.807) is 0 Å². The highest BCUT2D eigenvalue weighted by molar-refractivity contribution is 5.77. The van der Waals surface area contributed by atoms with Gasteiger partial charge in [-0.3, -0.25) is 4.79 Å². The van der Waals surface area contributed by atoms with Crippen molar-refractivity contribution in [1.29, 1.82) is 0 Å². The van der Waals surface area contributed by atoms with Crippen LogP contribution < -0.4 is 5.32 Å². The Labute approximate surface area is 74.5 Å². The first-order chi connectivity index (χ1) is 5.40. The van der Waals surface area contributed by atoms with Crippen LogP contribution in [0, 0.1) is 5.92 Å². The summed E-state index contributed by atoms with van der Waals surface area (Å²) in [6.07, 6.45) is 0. The highest BCUT2D eigenvalue weighted by atomic mass is 16.5. The normalized spacial score (nSPS) is 11.8. The number of hydrogen-bond donors (Lipinski definition) is 1. The van der Waals surface area contributed by atoms with Crippen LogP contribution in [0.3, 0.4) is 0 Å². The average Bonchev–Trinajstić information content (AvgIpc) is 1.85. The van der Waals surface area contributed by atoms with Gasteiger partial charge in [0.15, 0.2) is 0 Å². The highest BCUT2D eigenvalue weighted by Crippen LogP contribution is 2.14. The lowest BCUT2D eigenvalue weighted by Gasteiger charge is -2.30. The van der Waals surface area contributed by atoms with Crippen LogP contribution in [0.2, 0.25) is 0 Å². The third kappa shape index (κ3) is 3.72. The molecule has 1 amide bonds. The summed E-state index contributed by atoms with van der Waals surface area (Å²) in [5.41, 5.74) is -0.157. The number of amides is 1. The zero-order chi connectivity index (χ0) is 9.78. The molecule has 0 fully saturated rings. The van der Waals surface area contributed by atoms with Crippen molar-refractivity contribution in [3.63, 3.8) is 0 Å². The molecule has 0 aliphatic heterocycles. The lowest BCUT2D eigenvalue weighted by Crippen LogP contribution is -2.48. The summed E-state index contributed by atoms with van der Waals surface area (Å²) in [7, 11) is 1.52. The first kappa shape index (κ1) is 11.4. The molecule has 3 heteroatoms. The Morgan fingerprint density at radius 1 is 1.50 bits per heavy atom. The fraction of sp³-hybridized carbons (Fsp3) is 0.889. The van der Waals surface area contributed by atoms with E-state index in [4.69, 9.17) is 4.74 Å². The standard InChI is InChI=1S/C9H19NO2/c1-7(2)9(3,4)10-8(11)6-12-5/h7H,6H2,1-5H3,(H,10,11). The third-order valence-electron chi connectivity index (χ3n) is 2.18. The molecule has 0 aromatic heterocycles. The summed E-state index contributed by atoms with van der Waals surface area (Å²) in [6.45, 7) is 8.30. The molecule has 1 N–H and O–H groups in total. The Morgan fingerprint density at radius 2 is 2.00 bits per heavy atom. The fourth-order valence-electron chi connectivity index (χ4n) is 0.671. The van der Waals surface area contributed by atoms with E-state index < -0.39 is 0 Å². The van der Waals surface area contributed by atoms with Crippen molar-refractivity contribution in [2.24, 2.45) is 5.92 Å². The van der Waals surface area contributed by atoms with Crippen LogP contribution in [0.5, 0.6) is 0 Å². The second-order valence-corrected chi connectivity index (χ2v) is 3.86. The lowest BCUT2D eigenvalue weighted by molar-refractivity contribution is -0.126. The van der Waals surface area contributed by atoms with Gasteiger partial charge in [-0.2, -0.15) is 0 Å². The molecule has 0 spiro atoms. The summed E-state index contributed by atoms with van der Waals surface area (Å²) < 4.78 is 4.72. The molecule has 0 radical (unpaired) electrons. The summed E-state index contributed by atoms with van der Waals surface area (Å²) in [5.74, 6) is 0.356. The number of carbonyl (C=O) groups excluding carboxylic acids is 1. The van der Waals surface area contributed by atoms with Crippen molar-refractivity contribution in [3.8, 4) is 0 Å². The van der Waals surface area contributed by atoms with Gasteiger partial charge in [0.2, 0.25) is 5.91 Å². The van der Waals surface area contributed by atoms with Crippen LogP contribution in [0.1, 0.15) is 27.7 Å². The first-order valence-electron chi connectivity index (χ1n) is 4.20. The molecule has 0 saturated heterocycles. The predicted octanol–water partition coefficient (Wildman–Crippen LogP) is 1.18. The number of methoxy groups -OCH3 is 1. The molecule has 0 saturated carbocycles. The van der Waals surface area contributed by atoms with E-state index in [1.165, 1.54) is 7.11 Å². The molecule has 72 valence electrons. The van der Waals surface area contributed by atoms with Gasteiger partial charge in [-0.15, -0.1) is 0 Å². The van der Waals surface area contributed by atoms with Gasteiger partial charge in [0.05, 0.1) is 0 Å². The monoisotopic (exact) mass is 173 g/mol. The Morgan fingerprint density at radius 3 is 2.33 bits per heavy atom. The second-order valence-electron chi connectivity index (χ2n) is 3.86.